The molecule has 0 amide bonds. The molecule has 0 spiro atoms. The summed E-state index contributed by atoms with van der Waals surface area (Å²) < 4.78 is 6.76. The summed E-state index contributed by atoms with van der Waals surface area (Å²) in [5, 5.41) is 9.41. The lowest BCUT2D eigenvalue weighted by Gasteiger charge is -2.09. The van der Waals surface area contributed by atoms with Gasteiger partial charge >= 0.3 is 5.97 Å². The van der Waals surface area contributed by atoms with Crippen LogP contribution in [0.3, 0.4) is 0 Å². The van der Waals surface area contributed by atoms with E-state index in [1.165, 1.54) is 18.3 Å². The first-order valence-electron chi connectivity index (χ1n) is 4.99. The number of pyridine rings is 1. The molecule has 0 fully saturated rings. The van der Waals surface area contributed by atoms with Gasteiger partial charge in [-0.1, -0.05) is 11.6 Å². The van der Waals surface area contributed by atoms with Crippen LogP contribution in [0.5, 0.6) is 11.6 Å². The number of carboxylic acid groups (broad SMARTS) is 1. The summed E-state index contributed by atoms with van der Waals surface area (Å²) in [6, 6.07) is 6.13. The molecule has 2 aromatic rings. The van der Waals surface area contributed by atoms with Crippen LogP contribution < -0.4 is 4.74 Å². The Bertz CT molecular complexity index is 649. The molecule has 4 nitrogen and oxygen atoms in total. The van der Waals surface area contributed by atoms with Crippen LogP contribution in [0.25, 0.3) is 0 Å². The Morgan fingerprint density at radius 1 is 1.26 bits per heavy atom. The third-order valence-corrected chi connectivity index (χ3v) is 3.59. The number of halogens is 3. The molecule has 1 heterocycles. The first-order valence-corrected chi connectivity index (χ1v) is 6.95. The van der Waals surface area contributed by atoms with Crippen LogP contribution in [0.4, 0.5) is 0 Å². The van der Waals surface area contributed by atoms with Crippen molar-refractivity contribution in [1.29, 1.82) is 0 Å². The molecule has 7 heteroatoms. The fourth-order valence-corrected chi connectivity index (χ4v) is 2.34. The first kappa shape index (κ1) is 14.3. The Kier molecular flexibility index (Phi) is 4.44. The second kappa shape index (κ2) is 5.90. The van der Waals surface area contributed by atoms with Crippen molar-refractivity contribution in [2.24, 2.45) is 0 Å². The molecular weight excluding hydrogens is 401 g/mol. The zero-order valence-electron chi connectivity index (χ0n) is 9.23. The Hall–Kier alpha value is -1.11. The third kappa shape index (κ3) is 3.46. The van der Waals surface area contributed by atoms with E-state index in [0.29, 0.717) is 25.6 Å². The quantitative estimate of drug-likeness (QED) is 0.798. The van der Waals surface area contributed by atoms with E-state index in [0.717, 1.165) is 0 Å². The molecule has 0 atom stereocenters. The molecule has 0 saturated heterocycles. The van der Waals surface area contributed by atoms with E-state index in [2.05, 4.69) is 36.8 Å². The number of nitrogens with zero attached hydrogens (tertiary/aromatic N) is 1. The minimum atomic E-state index is -1.03. The second-order valence-corrected chi connectivity index (χ2v) is 5.64. The summed E-state index contributed by atoms with van der Waals surface area (Å²) in [5.41, 5.74) is 0.128. The predicted molar refractivity (Wildman–Crippen MR) is 78.1 cm³/mol. The number of aromatic nitrogens is 1. The lowest BCUT2D eigenvalue weighted by atomic mass is 10.2. The Labute approximate surface area is 130 Å². The number of benzene rings is 1. The zero-order valence-corrected chi connectivity index (χ0v) is 13.2. The SMILES string of the molecule is O=C(O)c1ccc(Br)c(Oc2ncc(Cl)cc2Br)c1. The third-order valence-electron chi connectivity index (χ3n) is 2.16. The Morgan fingerprint density at radius 2 is 2.00 bits per heavy atom. The molecule has 2 rings (SSSR count). The number of rotatable bonds is 3. The van der Waals surface area contributed by atoms with Gasteiger partial charge in [0.15, 0.2) is 0 Å². The maximum Gasteiger partial charge on any atom is 0.335 e. The summed E-state index contributed by atoms with van der Waals surface area (Å²) in [7, 11) is 0. The van der Waals surface area contributed by atoms with Crippen LogP contribution in [-0.4, -0.2) is 16.1 Å². The van der Waals surface area contributed by atoms with Gasteiger partial charge in [-0.05, 0) is 56.1 Å². The average Bonchev–Trinajstić information content (AvgIpc) is 2.34. The van der Waals surface area contributed by atoms with Crippen LogP contribution in [0.2, 0.25) is 5.02 Å². The molecule has 0 aliphatic carbocycles. The highest BCUT2D eigenvalue weighted by Crippen LogP contribution is 2.34. The molecule has 1 aromatic carbocycles. The highest BCUT2D eigenvalue weighted by atomic mass is 79.9. The van der Waals surface area contributed by atoms with Crippen molar-refractivity contribution in [2.75, 3.05) is 0 Å². The van der Waals surface area contributed by atoms with Gasteiger partial charge in [0.25, 0.3) is 0 Å². The van der Waals surface area contributed by atoms with Crippen LogP contribution in [-0.2, 0) is 0 Å². The summed E-state index contributed by atoms with van der Waals surface area (Å²) in [4.78, 5) is 14.9. The van der Waals surface area contributed by atoms with Gasteiger partial charge in [0.05, 0.1) is 19.5 Å². The molecule has 0 saturated carbocycles. The minimum Gasteiger partial charge on any atom is -0.478 e. The van der Waals surface area contributed by atoms with Gasteiger partial charge in [-0.3, -0.25) is 0 Å². The summed E-state index contributed by atoms with van der Waals surface area (Å²) in [6.45, 7) is 0. The number of aromatic carboxylic acids is 1. The number of carboxylic acids is 1. The van der Waals surface area contributed by atoms with Crippen molar-refractivity contribution < 1.29 is 14.6 Å². The molecule has 19 heavy (non-hydrogen) atoms. The largest absolute Gasteiger partial charge is 0.478 e. The Morgan fingerprint density at radius 3 is 2.63 bits per heavy atom. The second-order valence-electron chi connectivity index (χ2n) is 3.49. The van der Waals surface area contributed by atoms with Gasteiger partial charge in [0.2, 0.25) is 5.88 Å². The van der Waals surface area contributed by atoms with E-state index in [1.807, 2.05) is 0 Å². The highest BCUT2D eigenvalue weighted by molar-refractivity contribution is 9.11. The van der Waals surface area contributed by atoms with Gasteiger partial charge in [0, 0.05) is 6.20 Å². The van der Waals surface area contributed by atoms with Crippen molar-refractivity contribution >= 4 is 49.4 Å². The number of carbonyl (C=O) groups is 1. The fraction of sp³-hybridized carbons (Fsp3) is 0. The van der Waals surface area contributed by atoms with E-state index in [4.69, 9.17) is 21.4 Å². The molecular formula is C12H6Br2ClNO3. The van der Waals surface area contributed by atoms with Gasteiger partial charge in [-0.2, -0.15) is 0 Å². The molecule has 0 aliphatic heterocycles. The van der Waals surface area contributed by atoms with E-state index in [9.17, 15) is 4.79 Å². The first-order chi connectivity index (χ1) is 8.97. The molecule has 0 radical (unpaired) electrons. The fourth-order valence-electron chi connectivity index (χ4n) is 1.30. The van der Waals surface area contributed by atoms with Crippen LogP contribution in [0.15, 0.2) is 39.4 Å². The summed E-state index contributed by atoms with van der Waals surface area (Å²) in [6.07, 6.45) is 1.44. The molecule has 0 unspecified atom stereocenters. The van der Waals surface area contributed by atoms with Crippen LogP contribution >= 0.6 is 43.5 Å². The highest BCUT2D eigenvalue weighted by Gasteiger charge is 2.11. The van der Waals surface area contributed by atoms with Crippen molar-refractivity contribution in [3.63, 3.8) is 0 Å². The van der Waals surface area contributed by atoms with Gasteiger partial charge < -0.3 is 9.84 Å². The van der Waals surface area contributed by atoms with Crippen molar-refractivity contribution in [2.45, 2.75) is 0 Å². The molecule has 0 bridgehead atoms. The molecule has 98 valence electrons. The summed E-state index contributed by atoms with van der Waals surface area (Å²) in [5.74, 6) is -0.372. The van der Waals surface area contributed by atoms with E-state index in [1.54, 1.807) is 12.1 Å². The number of ether oxygens (including phenoxy) is 1. The molecule has 1 aromatic heterocycles. The van der Waals surface area contributed by atoms with E-state index < -0.39 is 5.97 Å². The van der Waals surface area contributed by atoms with Crippen molar-refractivity contribution in [1.82, 2.24) is 4.98 Å². The lowest BCUT2D eigenvalue weighted by Crippen LogP contribution is -1.97. The van der Waals surface area contributed by atoms with Gasteiger partial charge in [-0.15, -0.1) is 0 Å². The number of hydrogen-bond acceptors (Lipinski definition) is 3. The lowest BCUT2D eigenvalue weighted by molar-refractivity contribution is 0.0696. The zero-order chi connectivity index (χ0) is 14.0. The van der Waals surface area contributed by atoms with E-state index in [-0.39, 0.29) is 5.56 Å². The predicted octanol–water partition coefficient (Wildman–Crippen LogP) is 4.75. The molecule has 0 aliphatic rings. The maximum atomic E-state index is 10.9. The summed E-state index contributed by atoms with van der Waals surface area (Å²) >= 11 is 12.3. The Balaban J connectivity index is 2.37. The van der Waals surface area contributed by atoms with Crippen molar-refractivity contribution in [3.05, 3.63) is 50.0 Å². The maximum absolute atomic E-state index is 10.9. The standard InChI is InChI=1S/C12H6Br2ClNO3/c13-8-2-1-6(12(17)18)3-10(8)19-11-9(14)4-7(15)5-16-11/h1-5H,(H,17,18). The van der Waals surface area contributed by atoms with Crippen molar-refractivity contribution in [3.8, 4) is 11.6 Å². The minimum absolute atomic E-state index is 0.128. The number of hydrogen-bond donors (Lipinski definition) is 1. The monoisotopic (exact) mass is 405 g/mol. The van der Waals surface area contributed by atoms with Gasteiger partial charge in [0.1, 0.15) is 5.75 Å². The van der Waals surface area contributed by atoms with Gasteiger partial charge in [-0.25, -0.2) is 9.78 Å². The van der Waals surface area contributed by atoms with Crippen LogP contribution in [0, 0.1) is 0 Å². The topological polar surface area (TPSA) is 59.4 Å². The smallest absolute Gasteiger partial charge is 0.335 e. The molecule has 1 N–H and O–H groups in total. The van der Waals surface area contributed by atoms with E-state index >= 15 is 0 Å². The normalized spacial score (nSPS) is 10.3. The average molecular weight is 407 g/mol. The van der Waals surface area contributed by atoms with Crippen LogP contribution in [0.1, 0.15) is 10.4 Å².